The normalized spacial score (nSPS) is 17.1. The lowest BCUT2D eigenvalue weighted by molar-refractivity contribution is -0.122. The molecule has 2 amide bonds. The zero-order valence-electron chi connectivity index (χ0n) is 14.5. The number of halogens is 1. The molecule has 2 aromatic rings. The van der Waals surface area contributed by atoms with Crippen LogP contribution >= 0.6 is 23.8 Å². The minimum absolute atomic E-state index is 0.00729. The van der Waals surface area contributed by atoms with Gasteiger partial charge < -0.3 is 14.2 Å². The van der Waals surface area contributed by atoms with Crippen LogP contribution in [0.4, 0.5) is 5.69 Å². The number of methoxy groups -OCH3 is 1. The molecule has 0 aromatic heterocycles. The number of nitrogens with one attached hydrogen (secondary N) is 1. The fourth-order valence-electron chi connectivity index (χ4n) is 2.87. The molecule has 2 aliphatic rings. The number of carbonyl (C=O) groups excluding carboxylic acids is 2. The molecule has 2 aliphatic heterocycles. The van der Waals surface area contributed by atoms with E-state index >= 15 is 0 Å². The lowest BCUT2D eigenvalue weighted by Crippen LogP contribution is -2.54. The fourth-order valence-corrected chi connectivity index (χ4v) is 3.27. The Morgan fingerprint density at radius 2 is 1.86 bits per heavy atom. The average Bonchev–Trinajstić information content (AvgIpc) is 3.13. The molecule has 0 unspecified atom stereocenters. The summed E-state index contributed by atoms with van der Waals surface area (Å²) in [6, 6.07) is 9.84. The minimum atomic E-state index is -0.597. The summed E-state index contributed by atoms with van der Waals surface area (Å²) in [5.74, 6) is 0.308. The first-order valence-electron chi connectivity index (χ1n) is 8.12. The summed E-state index contributed by atoms with van der Waals surface area (Å²) in [6.45, 7) is 0.0938. The number of benzene rings is 2. The Labute approximate surface area is 170 Å². The summed E-state index contributed by atoms with van der Waals surface area (Å²) >= 11 is 11.1. The SMILES string of the molecule is COc1cc2c(cc1/C=C1/C(=O)NC(=S)N(c3ccc(Cl)cc3)C1=O)OCO2. The van der Waals surface area contributed by atoms with Gasteiger partial charge in [0.2, 0.25) is 6.79 Å². The highest BCUT2D eigenvalue weighted by atomic mass is 35.5. The van der Waals surface area contributed by atoms with E-state index in [1.807, 2.05) is 0 Å². The van der Waals surface area contributed by atoms with Crippen LogP contribution < -0.4 is 24.4 Å². The monoisotopic (exact) mass is 416 g/mol. The van der Waals surface area contributed by atoms with Crippen molar-refractivity contribution in [2.24, 2.45) is 0 Å². The number of ether oxygens (including phenoxy) is 3. The van der Waals surface area contributed by atoms with Gasteiger partial charge in [0.15, 0.2) is 16.6 Å². The van der Waals surface area contributed by atoms with Crippen molar-refractivity contribution in [2.75, 3.05) is 18.8 Å². The first-order valence-corrected chi connectivity index (χ1v) is 8.91. The molecular weight excluding hydrogens is 404 g/mol. The smallest absolute Gasteiger partial charge is 0.270 e. The third-order valence-corrected chi connectivity index (χ3v) is 4.75. The number of nitrogens with zero attached hydrogens (tertiary/aromatic N) is 1. The molecule has 2 aromatic carbocycles. The summed E-state index contributed by atoms with van der Waals surface area (Å²) in [6.07, 6.45) is 1.43. The maximum absolute atomic E-state index is 13.0. The molecule has 1 saturated heterocycles. The van der Waals surface area contributed by atoms with Gasteiger partial charge in [-0.15, -0.1) is 0 Å². The van der Waals surface area contributed by atoms with Gasteiger partial charge in [-0.3, -0.25) is 19.8 Å². The number of hydrogen-bond acceptors (Lipinski definition) is 6. The van der Waals surface area contributed by atoms with E-state index in [4.69, 9.17) is 38.0 Å². The molecule has 1 fully saturated rings. The predicted octanol–water partition coefficient (Wildman–Crippen LogP) is 2.91. The predicted molar refractivity (Wildman–Crippen MR) is 107 cm³/mol. The van der Waals surface area contributed by atoms with Gasteiger partial charge >= 0.3 is 0 Å². The van der Waals surface area contributed by atoms with Crippen molar-refractivity contribution in [2.45, 2.75) is 0 Å². The van der Waals surface area contributed by atoms with E-state index in [1.54, 1.807) is 36.4 Å². The topological polar surface area (TPSA) is 77.1 Å². The van der Waals surface area contributed by atoms with Crippen molar-refractivity contribution >= 4 is 52.5 Å². The molecule has 9 heteroatoms. The highest BCUT2D eigenvalue weighted by Gasteiger charge is 2.35. The molecule has 4 rings (SSSR count). The van der Waals surface area contributed by atoms with Crippen LogP contribution in [-0.2, 0) is 9.59 Å². The van der Waals surface area contributed by atoms with Crippen molar-refractivity contribution in [1.29, 1.82) is 0 Å². The maximum atomic E-state index is 13.0. The highest BCUT2D eigenvalue weighted by Crippen LogP contribution is 2.39. The first kappa shape index (κ1) is 18.3. The number of amides is 2. The zero-order valence-corrected chi connectivity index (χ0v) is 16.1. The van der Waals surface area contributed by atoms with Gasteiger partial charge in [-0.05, 0) is 48.6 Å². The third-order valence-electron chi connectivity index (χ3n) is 4.21. The van der Waals surface area contributed by atoms with E-state index in [2.05, 4.69) is 5.32 Å². The Hall–Kier alpha value is -3.10. The number of fused-ring (bicyclic) bond motifs is 1. The Morgan fingerprint density at radius 1 is 1.18 bits per heavy atom. The van der Waals surface area contributed by atoms with Crippen LogP contribution in [0.1, 0.15) is 5.56 Å². The van der Waals surface area contributed by atoms with E-state index in [0.29, 0.717) is 33.5 Å². The van der Waals surface area contributed by atoms with Crippen molar-refractivity contribution in [3.05, 3.63) is 52.6 Å². The number of rotatable bonds is 3. The van der Waals surface area contributed by atoms with Crippen LogP contribution in [0.15, 0.2) is 42.0 Å². The van der Waals surface area contributed by atoms with Gasteiger partial charge in [-0.2, -0.15) is 0 Å². The van der Waals surface area contributed by atoms with E-state index < -0.39 is 11.8 Å². The molecule has 142 valence electrons. The van der Waals surface area contributed by atoms with Crippen LogP contribution in [0.3, 0.4) is 0 Å². The Bertz CT molecular complexity index is 1040. The number of carbonyl (C=O) groups is 2. The van der Waals surface area contributed by atoms with Crippen LogP contribution in [0.2, 0.25) is 5.02 Å². The van der Waals surface area contributed by atoms with Crippen LogP contribution in [0, 0.1) is 0 Å². The lowest BCUT2D eigenvalue weighted by atomic mass is 10.1. The van der Waals surface area contributed by atoms with Gasteiger partial charge in [0.1, 0.15) is 11.3 Å². The molecule has 0 radical (unpaired) electrons. The third kappa shape index (κ3) is 3.17. The van der Waals surface area contributed by atoms with Crippen molar-refractivity contribution in [1.82, 2.24) is 5.32 Å². The Balaban J connectivity index is 1.76. The van der Waals surface area contributed by atoms with E-state index in [1.165, 1.54) is 18.1 Å². The van der Waals surface area contributed by atoms with Crippen LogP contribution in [-0.4, -0.2) is 30.8 Å². The Morgan fingerprint density at radius 3 is 2.54 bits per heavy atom. The van der Waals surface area contributed by atoms with Crippen molar-refractivity contribution < 1.29 is 23.8 Å². The Kier molecular flexibility index (Phi) is 4.66. The lowest BCUT2D eigenvalue weighted by Gasteiger charge is -2.29. The van der Waals surface area contributed by atoms with Gasteiger partial charge in [0, 0.05) is 16.7 Å². The molecule has 1 N–H and O–H groups in total. The largest absolute Gasteiger partial charge is 0.496 e. The second-order valence-electron chi connectivity index (χ2n) is 5.88. The second kappa shape index (κ2) is 7.14. The molecule has 28 heavy (non-hydrogen) atoms. The molecule has 0 saturated carbocycles. The van der Waals surface area contributed by atoms with Gasteiger partial charge in [0.25, 0.3) is 11.8 Å². The van der Waals surface area contributed by atoms with Crippen LogP contribution in [0.5, 0.6) is 17.2 Å². The number of anilines is 1. The quantitative estimate of drug-likeness (QED) is 0.471. The van der Waals surface area contributed by atoms with Gasteiger partial charge in [-0.1, -0.05) is 11.6 Å². The molecule has 7 nitrogen and oxygen atoms in total. The summed E-state index contributed by atoms with van der Waals surface area (Å²) in [5.41, 5.74) is 0.887. The standard InChI is InChI=1S/C19H13ClN2O5S/c1-25-14-8-16-15(26-9-27-16)7-10(14)6-13-17(23)21-19(28)22(18(13)24)12-4-2-11(20)3-5-12/h2-8H,9H2,1H3,(H,21,23,28)/b13-6-. The molecular formula is C19H13ClN2O5S. The summed E-state index contributed by atoms with van der Waals surface area (Å²) in [7, 11) is 1.48. The van der Waals surface area contributed by atoms with Crippen molar-refractivity contribution in [3.63, 3.8) is 0 Å². The van der Waals surface area contributed by atoms with Crippen molar-refractivity contribution in [3.8, 4) is 17.2 Å². The average molecular weight is 417 g/mol. The molecule has 0 spiro atoms. The second-order valence-corrected chi connectivity index (χ2v) is 6.70. The van der Waals surface area contributed by atoms with Gasteiger partial charge in [-0.25, -0.2) is 0 Å². The summed E-state index contributed by atoms with van der Waals surface area (Å²) in [5, 5.41) is 3.04. The molecule has 0 bridgehead atoms. The molecule has 2 heterocycles. The molecule has 0 aliphatic carbocycles. The van der Waals surface area contributed by atoms with E-state index in [0.717, 1.165) is 0 Å². The minimum Gasteiger partial charge on any atom is -0.496 e. The van der Waals surface area contributed by atoms with Crippen LogP contribution in [0.25, 0.3) is 6.08 Å². The fraction of sp³-hybridized carbons (Fsp3) is 0.105. The highest BCUT2D eigenvalue weighted by molar-refractivity contribution is 7.80. The van der Waals surface area contributed by atoms with Gasteiger partial charge in [0.05, 0.1) is 12.8 Å². The molecule has 0 atom stereocenters. The maximum Gasteiger partial charge on any atom is 0.270 e. The zero-order chi connectivity index (χ0) is 19.8. The first-order chi connectivity index (χ1) is 13.5. The summed E-state index contributed by atoms with van der Waals surface area (Å²) in [4.78, 5) is 26.7. The number of hydrogen-bond donors (Lipinski definition) is 1. The number of thiocarbonyl (C=S) groups is 1. The van der Waals surface area contributed by atoms with E-state index in [9.17, 15) is 9.59 Å². The summed E-state index contributed by atoms with van der Waals surface area (Å²) < 4.78 is 16.0. The van der Waals surface area contributed by atoms with E-state index in [-0.39, 0.29) is 17.5 Å².